The van der Waals surface area contributed by atoms with Crippen molar-refractivity contribution in [1.29, 1.82) is 0 Å². The number of rotatable bonds is 6. The van der Waals surface area contributed by atoms with E-state index in [2.05, 4.69) is 17.1 Å². The molecule has 0 unspecified atom stereocenters. The highest BCUT2D eigenvalue weighted by Gasteiger charge is 2.27. The summed E-state index contributed by atoms with van der Waals surface area (Å²) in [6, 6.07) is 1.88. The maximum Gasteiger partial charge on any atom is 0.259 e. The molecule has 23 heavy (non-hydrogen) atoms. The van der Waals surface area contributed by atoms with Gasteiger partial charge >= 0.3 is 0 Å². The second-order valence-corrected chi connectivity index (χ2v) is 6.62. The van der Waals surface area contributed by atoms with Crippen molar-refractivity contribution >= 4 is 28.5 Å². The minimum Gasteiger partial charge on any atom is -0.504 e. The number of likely N-dealkylation sites (tertiary alicyclic amines) is 1. The zero-order valence-corrected chi connectivity index (χ0v) is 15.8. The second-order valence-electron chi connectivity index (χ2n) is 5.45. The maximum atomic E-state index is 12.7. The summed E-state index contributed by atoms with van der Waals surface area (Å²) >= 11 is 2.02. The van der Waals surface area contributed by atoms with Crippen molar-refractivity contribution < 1.29 is 19.4 Å². The smallest absolute Gasteiger partial charge is 0.259 e. The fourth-order valence-electron chi connectivity index (χ4n) is 3.06. The largest absolute Gasteiger partial charge is 0.504 e. The lowest BCUT2D eigenvalue weighted by molar-refractivity contribution is 0.0934. The summed E-state index contributed by atoms with van der Waals surface area (Å²) in [4.78, 5) is 15.0. The minimum atomic E-state index is -0.296. The lowest BCUT2D eigenvalue weighted by atomic mass is 10.1. The fraction of sp³-hybridized carbons (Fsp3) is 0.562. The van der Waals surface area contributed by atoms with E-state index in [1.54, 1.807) is 0 Å². The van der Waals surface area contributed by atoms with Crippen LogP contribution in [0, 0.1) is 3.57 Å². The number of phenols is 1. The van der Waals surface area contributed by atoms with Crippen molar-refractivity contribution in [2.24, 2.45) is 0 Å². The number of carbonyl (C=O) groups excluding carboxylic acids is 1. The molecule has 0 radical (unpaired) electrons. The summed E-state index contributed by atoms with van der Waals surface area (Å²) in [6.45, 7) is 4.76. The molecular formula is C16H23IN2O4. The van der Waals surface area contributed by atoms with E-state index in [9.17, 15) is 9.90 Å². The van der Waals surface area contributed by atoms with Crippen LogP contribution >= 0.6 is 22.6 Å². The molecule has 7 heteroatoms. The van der Waals surface area contributed by atoms with Crippen molar-refractivity contribution in [3.63, 3.8) is 0 Å². The van der Waals surface area contributed by atoms with E-state index >= 15 is 0 Å². The van der Waals surface area contributed by atoms with Gasteiger partial charge in [-0.3, -0.25) is 9.69 Å². The first-order valence-corrected chi connectivity index (χ1v) is 8.77. The number of phenolic OH excluding ortho intramolecular Hbond substituents is 1. The molecule has 1 aliphatic rings. The van der Waals surface area contributed by atoms with Crippen molar-refractivity contribution in [2.45, 2.75) is 25.8 Å². The third-order valence-electron chi connectivity index (χ3n) is 4.21. The Kier molecular flexibility index (Phi) is 6.34. The van der Waals surface area contributed by atoms with Gasteiger partial charge in [0.2, 0.25) is 0 Å². The fourth-order valence-corrected chi connectivity index (χ4v) is 3.84. The predicted octanol–water partition coefficient (Wildman–Crippen LogP) is 2.23. The molecule has 1 fully saturated rings. The number of hydrogen-bond acceptors (Lipinski definition) is 5. The highest BCUT2D eigenvalue weighted by Crippen LogP contribution is 2.40. The summed E-state index contributed by atoms with van der Waals surface area (Å²) in [5.74, 6) is 0.185. The zero-order valence-electron chi connectivity index (χ0n) is 13.7. The average molecular weight is 434 g/mol. The molecule has 1 saturated heterocycles. The Morgan fingerprint density at radius 3 is 2.74 bits per heavy atom. The first-order chi connectivity index (χ1) is 11.0. The van der Waals surface area contributed by atoms with Gasteiger partial charge in [-0.25, -0.2) is 0 Å². The molecule has 0 bridgehead atoms. The molecule has 2 rings (SSSR count). The summed E-state index contributed by atoms with van der Waals surface area (Å²) in [5.41, 5.74) is 0.237. The molecule has 0 spiro atoms. The van der Waals surface area contributed by atoms with Crippen molar-refractivity contribution in [2.75, 3.05) is 33.9 Å². The molecule has 0 aliphatic carbocycles. The van der Waals surface area contributed by atoms with Crippen molar-refractivity contribution in [3.8, 4) is 17.2 Å². The van der Waals surface area contributed by atoms with Gasteiger partial charge in [-0.2, -0.15) is 0 Å². The topological polar surface area (TPSA) is 71.0 Å². The van der Waals surface area contributed by atoms with E-state index in [0.717, 1.165) is 25.9 Å². The van der Waals surface area contributed by atoms with Crippen LogP contribution in [0.2, 0.25) is 0 Å². The number of hydrogen-bond donors (Lipinski definition) is 2. The molecule has 1 amide bonds. The Labute approximate surface area is 150 Å². The second kappa shape index (κ2) is 8.05. The number of nitrogens with one attached hydrogen (secondary N) is 1. The lowest BCUT2D eigenvalue weighted by Gasteiger charge is -2.23. The maximum absolute atomic E-state index is 12.7. The minimum absolute atomic E-state index is 0.0705. The van der Waals surface area contributed by atoms with E-state index in [1.165, 1.54) is 20.3 Å². The lowest BCUT2D eigenvalue weighted by Crippen LogP contribution is -2.40. The van der Waals surface area contributed by atoms with E-state index < -0.39 is 0 Å². The van der Waals surface area contributed by atoms with E-state index in [-0.39, 0.29) is 23.0 Å². The quantitative estimate of drug-likeness (QED) is 0.673. The summed E-state index contributed by atoms with van der Waals surface area (Å²) < 4.78 is 11.2. The number of halogens is 1. The Morgan fingerprint density at radius 1 is 1.43 bits per heavy atom. The normalized spacial score (nSPS) is 18.0. The van der Waals surface area contributed by atoms with E-state index in [0.29, 0.717) is 21.9 Å². The van der Waals surface area contributed by atoms with Gasteiger partial charge in [-0.1, -0.05) is 6.92 Å². The Bertz CT molecular complexity index is 551. The summed E-state index contributed by atoms with van der Waals surface area (Å²) in [5, 5.41) is 13.0. The number of nitrogens with zero attached hydrogens (tertiary/aromatic N) is 1. The van der Waals surface area contributed by atoms with Gasteiger partial charge in [0.1, 0.15) is 11.3 Å². The monoisotopic (exact) mass is 434 g/mol. The van der Waals surface area contributed by atoms with Gasteiger partial charge in [-0.15, -0.1) is 0 Å². The number of amides is 1. The third kappa shape index (κ3) is 3.82. The average Bonchev–Trinajstić information content (AvgIpc) is 2.99. The molecule has 6 nitrogen and oxygen atoms in total. The van der Waals surface area contributed by atoms with Crippen LogP contribution in [0.3, 0.4) is 0 Å². The van der Waals surface area contributed by atoms with Gasteiger partial charge in [0.15, 0.2) is 11.5 Å². The van der Waals surface area contributed by atoms with Crippen LogP contribution in [0.15, 0.2) is 6.07 Å². The van der Waals surface area contributed by atoms with Crippen LogP contribution in [0.4, 0.5) is 0 Å². The summed E-state index contributed by atoms with van der Waals surface area (Å²) in [6.07, 6.45) is 2.24. The van der Waals surface area contributed by atoms with Gasteiger partial charge in [0.05, 0.1) is 17.8 Å². The van der Waals surface area contributed by atoms with E-state index in [4.69, 9.17) is 9.47 Å². The highest BCUT2D eigenvalue weighted by molar-refractivity contribution is 14.1. The molecule has 1 atom stereocenters. The number of likely N-dealkylation sites (N-methyl/N-ethyl adjacent to an activating group) is 1. The Morgan fingerprint density at radius 2 is 2.13 bits per heavy atom. The SMILES string of the molecule is CCN1CCC[C@H]1CNC(=O)c1c(OC)c(O)cc(I)c1OC. The molecule has 128 valence electrons. The molecule has 1 aromatic rings. The van der Waals surface area contributed by atoms with Crippen molar-refractivity contribution in [1.82, 2.24) is 10.2 Å². The first-order valence-electron chi connectivity index (χ1n) is 7.69. The summed E-state index contributed by atoms with van der Waals surface area (Å²) in [7, 11) is 2.93. The molecule has 2 N–H and O–H groups in total. The van der Waals surface area contributed by atoms with Crippen LogP contribution in [0.25, 0.3) is 0 Å². The standard InChI is InChI=1S/C16H23IN2O4/c1-4-19-7-5-6-10(19)9-18-16(21)13-14(22-2)11(17)8-12(20)15(13)23-3/h8,10,20H,4-7,9H2,1-3H3,(H,18,21)/t10-/m0/s1. The number of aromatic hydroxyl groups is 1. The number of benzene rings is 1. The van der Waals surface area contributed by atoms with Gasteiger partial charge in [0, 0.05) is 18.7 Å². The van der Waals surface area contributed by atoms with Gasteiger partial charge in [-0.05, 0) is 48.5 Å². The van der Waals surface area contributed by atoms with Crippen LogP contribution < -0.4 is 14.8 Å². The van der Waals surface area contributed by atoms with E-state index in [1.807, 2.05) is 22.6 Å². The highest BCUT2D eigenvalue weighted by atomic mass is 127. The van der Waals surface area contributed by atoms with Crippen LogP contribution in [-0.4, -0.2) is 55.8 Å². The molecule has 1 aliphatic heterocycles. The zero-order chi connectivity index (χ0) is 17.0. The molecule has 0 saturated carbocycles. The number of methoxy groups -OCH3 is 2. The molecule has 1 heterocycles. The number of ether oxygens (including phenoxy) is 2. The van der Waals surface area contributed by atoms with Crippen LogP contribution in [-0.2, 0) is 0 Å². The molecular weight excluding hydrogens is 411 g/mol. The Hall–Kier alpha value is -1.22. The Balaban J connectivity index is 2.21. The van der Waals surface area contributed by atoms with Crippen LogP contribution in [0.5, 0.6) is 17.2 Å². The predicted molar refractivity (Wildman–Crippen MR) is 96.5 cm³/mol. The molecule has 0 aromatic heterocycles. The van der Waals surface area contributed by atoms with Gasteiger partial charge in [0.25, 0.3) is 5.91 Å². The first kappa shape index (κ1) is 18.1. The third-order valence-corrected chi connectivity index (χ3v) is 5.01. The van der Waals surface area contributed by atoms with Gasteiger partial charge < -0.3 is 19.9 Å². The van der Waals surface area contributed by atoms with Crippen molar-refractivity contribution in [3.05, 3.63) is 15.2 Å². The number of carbonyl (C=O) groups is 1. The van der Waals surface area contributed by atoms with Crippen LogP contribution in [0.1, 0.15) is 30.1 Å². The molecule has 1 aromatic carbocycles.